The number of aliphatic hydroxyl groups excluding tert-OH is 1. The molecular formula is C14H19N3O. The maximum atomic E-state index is 9.19. The number of anilines is 1. The molecular weight excluding hydrogens is 226 g/mol. The van der Waals surface area contributed by atoms with Crippen LogP contribution in [0.5, 0.6) is 0 Å². The Labute approximate surface area is 107 Å². The van der Waals surface area contributed by atoms with E-state index in [4.69, 9.17) is 0 Å². The lowest BCUT2D eigenvalue weighted by Gasteiger charge is -2.22. The molecule has 2 rings (SSSR count). The Balaban J connectivity index is 2.00. The number of nitrogens with zero attached hydrogens (tertiary/aromatic N) is 1. The minimum atomic E-state index is -0.109. The fraction of sp³-hybridized carbons (Fsp3) is 0.357. The van der Waals surface area contributed by atoms with Crippen LogP contribution in [-0.4, -0.2) is 28.5 Å². The van der Waals surface area contributed by atoms with Crippen molar-refractivity contribution in [3.63, 3.8) is 0 Å². The molecule has 1 aromatic carbocycles. The SMILES string of the molecule is CC(C)(CO)CNc1ccc(-c2ccn[nH]2)cc1. The highest BCUT2D eigenvalue weighted by Gasteiger charge is 2.15. The fourth-order valence-corrected chi connectivity index (χ4v) is 1.58. The van der Waals surface area contributed by atoms with Crippen molar-refractivity contribution >= 4 is 5.69 Å². The number of hydrogen-bond acceptors (Lipinski definition) is 3. The highest BCUT2D eigenvalue weighted by atomic mass is 16.3. The largest absolute Gasteiger partial charge is 0.396 e. The number of benzene rings is 1. The first kappa shape index (κ1) is 12.6. The van der Waals surface area contributed by atoms with Gasteiger partial charge in [0.1, 0.15) is 0 Å². The van der Waals surface area contributed by atoms with Crippen molar-refractivity contribution in [3.8, 4) is 11.3 Å². The number of rotatable bonds is 5. The van der Waals surface area contributed by atoms with Crippen molar-refractivity contribution in [2.45, 2.75) is 13.8 Å². The number of nitrogens with one attached hydrogen (secondary N) is 2. The molecule has 1 aromatic heterocycles. The molecule has 96 valence electrons. The molecule has 0 saturated heterocycles. The van der Waals surface area contributed by atoms with Gasteiger partial charge < -0.3 is 10.4 Å². The van der Waals surface area contributed by atoms with Crippen LogP contribution in [0.2, 0.25) is 0 Å². The molecule has 0 bridgehead atoms. The van der Waals surface area contributed by atoms with E-state index in [1.165, 1.54) is 0 Å². The Morgan fingerprint density at radius 2 is 1.94 bits per heavy atom. The summed E-state index contributed by atoms with van der Waals surface area (Å²) >= 11 is 0. The second-order valence-corrected chi connectivity index (χ2v) is 5.22. The minimum absolute atomic E-state index is 0.109. The smallest absolute Gasteiger partial charge is 0.0650 e. The van der Waals surface area contributed by atoms with Gasteiger partial charge in [-0.3, -0.25) is 5.10 Å². The number of aliphatic hydroxyl groups is 1. The average molecular weight is 245 g/mol. The third-order valence-corrected chi connectivity index (χ3v) is 2.90. The Morgan fingerprint density at radius 1 is 1.22 bits per heavy atom. The van der Waals surface area contributed by atoms with E-state index in [9.17, 15) is 5.11 Å². The van der Waals surface area contributed by atoms with Gasteiger partial charge in [0.25, 0.3) is 0 Å². The second-order valence-electron chi connectivity index (χ2n) is 5.22. The molecule has 1 heterocycles. The number of hydrogen-bond donors (Lipinski definition) is 3. The van der Waals surface area contributed by atoms with Crippen molar-refractivity contribution in [1.29, 1.82) is 0 Å². The molecule has 0 saturated carbocycles. The van der Waals surface area contributed by atoms with Crippen LogP contribution >= 0.6 is 0 Å². The molecule has 0 unspecified atom stereocenters. The average Bonchev–Trinajstić information content (AvgIpc) is 2.91. The summed E-state index contributed by atoms with van der Waals surface area (Å²) in [4.78, 5) is 0. The second kappa shape index (κ2) is 5.23. The highest BCUT2D eigenvalue weighted by Crippen LogP contribution is 2.20. The van der Waals surface area contributed by atoms with E-state index in [2.05, 4.69) is 15.5 Å². The minimum Gasteiger partial charge on any atom is -0.396 e. The maximum absolute atomic E-state index is 9.19. The molecule has 0 fully saturated rings. The van der Waals surface area contributed by atoms with Gasteiger partial charge >= 0.3 is 0 Å². The van der Waals surface area contributed by atoms with Gasteiger partial charge in [-0.1, -0.05) is 26.0 Å². The van der Waals surface area contributed by atoms with Crippen molar-refractivity contribution in [2.75, 3.05) is 18.5 Å². The first-order valence-corrected chi connectivity index (χ1v) is 6.05. The standard InChI is InChI=1S/C14H19N3O/c1-14(2,10-18)9-15-12-5-3-11(4-6-12)13-7-8-16-17-13/h3-8,15,18H,9-10H2,1-2H3,(H,16,17). The van der Waals surface area contributed by atoms with Crippen LogP contribution in [0.4, 0.5) is 5.69 Å². The van der Waals surface area contributed by atoms with E-state index in [1.54, 1.807) is 6.20 Å². The van der Waals surface area contributed by atoms with Crippen LogP contribution < -0.4 is 5.32 Å². The van der Waals surface area contributed by atoms with Crippen LogP contribution in [0.3, 0.4) is 0 Å². The lowest BCUT2D eigenvalue weighted by atomic mass is 9.95. The molecule has 18 heavy (non-hydrogen) atoms. The van der Waals surface area contributed by atoms with Crippen LogP contribution in [0.1, 0.15) is 13.8 Å². The van der Waals surface area contributed by atoms with Gasteiger partial charge in [0.2, 0.25) is 0 Å². The predicted molar refractivity (Wildman–Crippen MR) is 73.4 cm³/mol. The van der Waals surface area contributed by atoms with Gasteiger partial charge in [0.15, 0.2) is 0 Å². The Kier molecular flexibility index (Phi) is 3.67. The van der Waals surface area contributed by atoms with E-state index in [1.807, 2.05) is 44.2 Å². The quantitative estimate of drug-likeness (QED) is 0.758. The van der Waals surface area contributed by atoms with Gasteiger partial charge in [-0.05, 0) is 23.8 Å². The molecule has 0 atom stereocenters. The molecule has 3 N–H and O–H groups in total. The molecule has 2 aromatic rings. The Bertz CT molecular complexity index is 474. The van der Waals surface area contributed by atoms with E-state index in [0.29, 0.717) is 0 Å². The highest BCUT2D eigenvalue weighted by molar-refractivity contribution is 5.62. The summed E-state index contributed by atoms with van der Waals surface area (Å²) in [6, 6.07) is 10.1. The zero-order chi connectivity index (χ0) is 13.0. The summed E-state index contributed by atoms with van der Waals surface area (Å²) in [5, 5.41) is 19.4. The summed E-state index contributed by atoms with van der Waals surface area (Å²) in [6.45, 7) is 4.97. The zero-order valence-corrected chi connectivity index (χ0v) is 10.8. The van der Waals surface area contributed by atoms with Crippen molar-refractivity contribution in [2.24, 2.45) is 5.41 Å². The normalized spacial score (nSPS) is 11.5. The Morgan fingerprint density at radius 3 is 2.50 bits per heavy atom. The zero-order valence-electron chi connectivity index (χ0n) is 10.8. The lowest BCUT2D eigenvalue weighted by molar-refractivity contribution is 0.171. The molecule has 4 heteroatoms. The van der Waals surface area contributed by atoms with Crippen molar-refractivity contribution in [3.05, 3.63) is 36.5 Å². The summed E-state index contributed by atoms with van der Waals surface area (Å²) < 4.78 is 0. The summed E-state index contributed by atoms with van der Waals surface area (Å²) in [7, 11) is 0. The van der Waals surface area contributed by atoms with Gasteiger partial charge in [0, 0.05) is 30.5 Å². The van der Waals surface area contributed by atoms with Gasteiger partial charge in [-0.2, -0.15) is 5.10 Å². The summed E-state index contributed by atoms with van der Waals surface area (Å²) in [5.41, 5.74) is 3.07. The van der Waals surface area contributed by atoms with E-state index in [-0.39, 0.29) is 12.0 Å². The van der Waals surface area contributed by atoms with Gasteiger partial charge in [-0.15, -0.1) is 0 Å². The van der Waals surface area contributed by atoms with E-state index < -0.39 is 0 Å². The van der Waals surface area contributed by atoms with Crippen LogP contribution in [0.15, 0.2) is 36.5 Å². The van der Waals surface area contributed by atoms with E-state index in [0.717, 1.165) is 23.5 Å². The van der Waals surface area contributed by atoms with Gasteiger partial charge in [-0.25, -0.2) is 0 Å². The van der Waals surface area contributed by atoms with Crippen LogP contribution in [0, 0.1) is 5.41 Å². The molecule has 0 radical (unpaired) electrons. The number of aromatic amines is 1. The molecule has 0 aliphatic heterocycles. The van der Waals surface area contributed by atoms with Crippen LogP contribution in [0.25, 0.3) is 11.3 Å². The summed E-state index contributed by atoms with van der Waals surface area (Å²) in [5.74, 6) is 0. The predicted octanol–water partition coefficient (Wildman–Crippen LogP) is 2.51. The maximum Gasteiger partial charge on any atom is 0.0650 e. The number of H-pyrrole nitrogens is 1. The van der Waals surface area contributed by atoms with Crippen molar-refractivity contribution < 1.29 is 5.11 Å². The third kappa shape index (κ3) is 3.11. The van der Waals surface area contributed by atoms with Crippen LogP contribution in [-0.2, 0) is 0 Å². The first-order chi connectivity index (χ1) is 8.61. The molecule has 0 aliphatic rings. The van der Waals surface area contributed by atoms with E-state index >= 15 is 0 Å². The van der Waals surface area contributed by atoms with Gasteiger partial charge in [0.05, 0.1) is 5.69 Å². The monoisotopic (exact) mass is 245 g/mol. The molecule has 0 spiro atoms. The Hall–Kier alpha value is -1.81. The molecule has 0 aliphatic carbocycles. The number of aromatic nitrogens is 2. The molecule has 4 nitrogen and oxygen atoms in total. The first-order valence-electron chi connectivity index (χ1n) is 6.05. The summed E-state index contributed by atoms with van der Waals surface area (Å²) in [6.07, 6.45) is 1.74. The fourth-order valence-electron chi connectivity index (χ4n) is 1.58. The molecule has 0 amide bonds. The lowest BCUT2D eigenvalue weighted by Crippen LogP contribution is -2.26. The third-order valence-electron chi connectivity index (χ3n) is 2.90. The van der Waals surface area contributed by atoms with Crippen molar-refractivity contribution in [1.82, 2.24) is 10.2 Å². The topological polar surface area (TPSA) is 60.9 Å².